The normalized spacial score (nSPS) is 29.9. The molecule has 2 heterocycles. The third kappa shape index (κ3) is 7.38. The Hall–Kier alpha value is -4.01. The smallest absolute Gasteiger partial charge is 0.259 e. The molecule has 2 aliphatic heterocycles. The number of amides is 4. The molecule has 14 heteroatoms. The third-order valence-corrected chi connectivity index (χ3v) is 12.2. The molecule has 0 radical (unpaired) electrons. The lowest BCUT2D eigenvalue weighted by molar-refractivity contribution is -0.143. The molecule has 13 nitrogen and oxygen atoms in total. The molecule has 0 aromatic heterocycles. The molecule has 2 aromatic carbocycles. The minimum Gasteiger partial charge on any atom is -0.488 e. The zero-order valence-corrected chi connectivity index (χ0v) is 29.0. The van der Waals surface area contributed by atoms with Crippen molar-refractivity contribution in [2.24, 2.45) is 5.92 Å². The zero-order valence-electron chi connectivity index (χ0n) is 28.2. The predicted molar refractivity (Wildman–Crippen MR) is 184 cm³/mol. The zero-order chi connectivity index (χ0) is 35.0. The van der Waals surface area contributed by atoms with E-state index < -0.39 is 68.5 Å². The van der Waals surface area contributed by atoms with E-state index in [9.17, 15) is 27.6 Å². The summed E-state index contributed by atoms with van der Waals surface area (Å²) in [4.78, 5) is 59.1. The van der Waals surface area contributed by atoms with Crippen molar-refractivity contribution in [1.29, 1.82) is 0 Å². The van der Waals surface area contributed by atoms with Gasteiger partial charge in [0.15, 0.2) is 0 Å². The molecule has 1 saturated heterocycles. The average molecular weight is 708 g/mol. The lowest BCUT2D eigenvalue weighted by Gasteiger charge is -2.32. The highest BCUT2D eigenvalue weighted by Gasteiger charge is 2.62. The lowest BCUT2D eigenvalue weighted by Crippen LogP contribution is -2.60. The van der Waals surface area contributed by atoms with Crippen molar-refractivity contribution in [3.8, 4) is 5.75 Å². The van der Waals surface area contributed by atoms with Crippen molar-refractivity contribution in [2.75, 3.05) is 33.4 Å². The first-order valence-corrected chi connectivity index (χ1v) is 19.1. The van der Waals surface area contributed by atoms with Gasteiger partial charge in [-0.15, -0.1) is 0 Å². The van der Waals surface area contributed by atoms with Gasteiger partial charge in [0.25, 0.3) is 5.91 Å². The first-order valence-electron chi connectivity index (χ1n) is 17.6. The molecular formula is C36H45N5O8S. The second kappa shape index (κ2) is 14.0. The number of carbonyl (C=O) groups excluding carboxylic acids is 4. The minimum atomic E-state index is -3.87. The second-order valence-corrected chi connectivity index (χ2v) is 16.2. The Kier molecular flexibility index (Phi) is 9.61. The first kappa shape index (κ1) is 34.4. The first-order chi connectivity index (χ1) is 24.1. The van der Waals surface area contributed by atoms with Crippen LogP contribution in [0.3, 0.4) is 0 Å². The Morgan fingerprint density at radius 1 is 1.04 bits per heavy atom. The maximum atomic E-state index is 14.6. The van der Waals surface area contributed by atoms with Crippen LogP contribution in [0.1, 0.15) is 51.4 Å². The van der Waals surface area contributed by atoms with Gasteiger partial charge in [-0.25, -0.2) is 8.42 Å². The maximum absolute atomic E-state index is 14.6. The molecule has 0 spiro atoms. The van der Waals surface area contributed by atoms with Crippen LogP contribution in [0.5, 0.6) is 5.75 Å². The van der Waals surface area contributed by atoms with E-state index in [4.69, 9.17) is 9.47 Å². The predicted octanol–water partition coefficient (Wildman–Crippen LogP) is 1.62. The third-order valence-electron chi connectivity index (χ3n) is 10.4. The van der Waals surface area contributed by atoms with E-state index in [2.05, 4.69) is 20.3 Å². The molecule has 3 N–H and O–H groups in total. The highest BCUT2D eigenvalue weighted by Crippen LogP contribution is 2.46. The van der Waals surface area contributed by atoms with Crippen LogP contribution in [-0.2, 0) is 33.9 Å². The molecule has 5 aliphatic rings. The number of allylic oxidation sites excluding steroid dienone is 1. The van der Waals surface area contributed by atoms with E-state index in [0.29, 0.717) is 37.6 Å². The quantitative estimate of drug-likeness (QED) is 0.329. The number of nitrogens with zero attached hydrogens (tertiary/aromatic N) is 2. The van der Waals surface area contributed by atoms with Crippen LogP contribution in [0.4, 0.5) is 0 Å². The Bertz CT molecular complexity index is 1790. The van der Waals surface area contributed by atoms with Crippen molar-refractivity contribution in [2.45, 2.75) is 86.4 Å². The van der Waals surface area contributed by atoms with Gasteiger partial charge in [0, 0.05) is 37.4 Å². The van der Waals surface area contributed by atoms with Crippen LogP contribution in [0, 0.1) is 5.92 Å². The number of sulfonamides is 1. The molecule has 3 aliphatic carbocycles. The fraction of sp³-hybridized carbons (Fsp3) is 0.556. The van der Waals surface area contributed by atoms with Gasteiger partial charge in [0.2, 0.25) is 27.7 Å². The van der Waals surface area contributed by atoms with Crippen molar-refractivity contribution in [3.63, 3.8) is 0 Å². The van der Waals surface area contributed by atoms with Crippen LogP contribution >= 0.6 is 0 Å². The Morgan fingerprint density at radius 2 is 1.82 bits per heavy atom. The van der Waals surface area contributed by atoms with E-state index in [-0.39, 0.29) is 32.5 Å². The number of nitrogens with one attached hydrogen (secondary N) is 3. The van der Waals surface area contributed by atoms with Gasteiger partial charge in [0.1, 0.15) is 36.1 Å². The summed E-state index contributed by atoms with van der Waals surface area (Å²) in [6.45, 7) is 0.814. The highest BCUT2D eigenvalue weighted by molar-refractivity contribution is 7.91. The number of ether oxygens (including phenoxy) is 2. The summed E-state index contributed by atoms with van der Waals surface area (Å²) < 4.78 is 39.4. The highest BCUT2D eigenvalue weighted by atomic mass is 32.2. The summed E-state index contributed by atoms with van der Waals surface area (Å²) >= 11 is 0. The van der Waals surface area contributed by atoms with Crippen molar-refractivity contribution in [3.05, 3.63) is 54.6 Å². The average Bonchev–Trinajstić information content (AvgIpc) is 3.97. The van der Waals surface area contributed by atoms with Gasteiger partial charge in [-0.1, -0.05) is 48.6 Å². The van der Waals surface area contributed by atoms with E-state index in [0.717, 1.165) is 30.0 Å². The Balaban J connectivity index is 1.21. The van der Waals surface area contributed by atoms with E-state index in [1.165, 1.54) is 12.0 Å². The van der Waals surface area contributed by atoms with Crippen molar-refractivity contribution >= 4 is 44.4 Å². The van der Waals surface area contributed by atoms with E-state index >= 15 is 0 Å². The van der Waals surface area contributed by atoms with Gasteiger partial charge in [-0.2, -0.15) is 0 Å². The molecule has 0 bridgehead atoms. The van der Waals surface area contributed by atoms with Gasteiger partial charge >= 0.3 is 0 Å². The monoisotopic (exact) mass is 707 g/mol. The largest absolute Gasteiger partial charge is 0.488 e. The molecule has 3 saturated carbocycles. The van der Waals surface area contributed by atoms with Crippen molar-refractivity contribution in [1.82, 2.24) is 25.2 Å². The second-order valence-electron chi connectivity index (χ2n) is 14.3. The Labute approximate surface area is 292 Å². The number of benzene rings is 2. The summed E-state index contributed by atoms with van der Waals surface area (Å²) in [5.41, 5.74) is -1.47. The molecule has 1 unspecified atom stereocenters. The van der Waals surface area contributed by atoms with Crippen LogP contribution < -0.4 is 20.1 Å². The van der Waals surface area contributed by atoms with E-state index in [1.807, 2.05) is 54.6 Å². The molecule has 50 heavy (non-hydrogen) atoms. The summed E-state index contributed by atoms with van der Waals surface area (Å²) in [6.07, 6.45) is 8.11. The SMILES string of the molecule is COCC(=O)N[C@H]1CN(C2CC2)CCC/C=C\C2C[C@@]2(C(=O)NS(=O)(=O)C2CC2)NC(=O)[C@@H]2C[C@@H](Oc3cccc4ccccc34)CN2C1=O. The van der Waals surface area contributed by atoms with E-state index in [1.54, 1.807) is 0 Å². The van der Waals surface area contributed by atoms with Gasteiger partial charge in [-0.3, -0.25) is 28.8 Å². The molecular weight excluding hydrogens is 662 g/mol. The summed E-state index contributed by atoms with van der Waals surface area (Å²) in [5.74, 6) is -2.00. The van der Waals surface area contributed by atoms with Crippen LogP contribution in [0.15, 0.2) is 54.6 Å². The van der Waals surface area contributed by atoms with Crippen LogP contribution in [0.2, 0.25) is 0 Å². The van der Waals surface area contributed by atoms with Crippen LogP contribution in [-0.4, -0.2) is 110 Å². The fourth-order valence-electron chi connectivity index (χ4n) is 7.34. The number of fused-ring (bicyclic) bond motifs is 3. The number of rotatable bonds is 9. The van der Waals surface area contributed by atoms with Gasteiger partial charge < -0.3 is 25.0 Å². The maximum Gasteiger partial charge on any atom is 0.259 e. The van der Waals surface area contributed by atoms with Gasteiger partial charge in [-0.05, 0) is 62.9 Å². The number of hydrogen-bond donors (Lipinski definition) is 3. The summed E-state index contributed by atoms with van der Waals surface area (Å²) in [6, 6.07) is 11.8. The van der Waals surface area contributed by atoms with Gasteiger partial charge in [0.05, 0.1) is 11.8 Å². The number of carbonyl (C=O) groups is 4. The number of hydrogen-bond acceptors (Lipinski definition) is 9. The summed E-state index contributed by atoms with van der Waals surface area (Å²) in [5, 5.41) is 7.03. The number of methoxy groups -OCH3 is 1. The Morgan fingerprint density at radius 3 is 2.58 bits per heavy atom. The molecule has 7 rings (SSSR count). The fourth-order valence-corrected chi connectivity index (χ4v) is 8.71. The minimum absolute atomic E-state index is 0.0683. The molecule has 4 amide bonds. The lowest BCUT2D eigenvalue weighted by atomic mass is 10.1. The molecule has 4 fully saturated rings. The topological polar surface area (TPSA) is 163 Å². The molecule has 268 valence electrons. The molecule has 2 aromatic rings. The van der Waals surface area contributed by atoms with Crippen molar-refractivity contribution < 1.29 is 37.1 Å². The van der Waals surface area contributed by atoms with Crippen LogP contribution in [0.25, 0.3) is 10.8 Å². The molecule has 5 atom stereocenters. The summed E-state index contributed by atoms with van der Waals surface area (Å²) in [7, 11) is -2.46. The standard InChI is InChI=1S/C36H45N5O8S/c1-48-22-32(42)37-29-21-40(25-13-14-25)17-6-2-3-10-24-19-36(24,35(45)39-50(46,47)27-15-16-27)38-33(43)30-18-26(20-41(30)34(29)44)49-31-12-7-9-23-8-4-5-11-28(23)31/h3-5,7-12,24-27,29-30H,2,6,13-22H2,1H3,(H,37,42)(H,38,43)(H,39,45)/b10-3-/t24?,26-,29+,30+,36-/m1/s1.